The van der Waals surface area contributed by atoms with E-state index in [9.17, 15) is 9.59 Å². The molecule has 1 saturated carbocycles. The van der Waals surface area contributed by atoms with E-state index in [1.807, 2.05) is 24.3 Å². The predicted molar refractivity (Wildman–Crippen MR) is 86.0 cm³/mol. The van der Waals surface area contributed by atoms with Gasteiger partial charge in [0.1, 0.15) is 0 Å². The number of rotatable bonds is 6. The molecular weight excluding hydrogens is 280 g/mol. The molecule has 1 saturated heterocycles. The topological polar surface area (TPSA) is 73.5 Å². The molecule has 22 heavy (non-hydrogen) atoms. The summed E-state index contributed by atoms with van der Waals surface area (Å²) in [6, 6.07) is 7.32. The lowest BCUT2D eigenvalue weighted by Crippen LogP contribution is -2.46. The van der Waals surface area contributed by atoms with Crippen LogP contribution in [0.15, 0.2) is 24.3 Å². The summed E-state index contributed by atoms with van der Waals surface area (Å²) in [4.78, 5) is 25.5. The molecule has 2 aliphatic rings. The van der Waals surface area contributed by atoms with E-state index in [2.05, 4.69) is 16.0 Å². The highest BCUT2D eigenvalue weighted by Gasteiger charge is 2.21. The second-order valence-electron chi connectivity index (χ2n) is 5.91. The number of amides is 3. The molecule has 0 spiro atoms. The molecule has 0 bridgehead atoms. The normalized spacial score (nSPS) is 18.0. The third-order valence-electron chi connectivity index (χ3n) is 3.94. The van der Waals surface area contributed by atoms with Crippen LogP contribution in [-0.2, 0) is 4.79 Å². The van der Waals surface area contributed by atoms with Crippen LogP contribution in [-0.4, -0.2) is 38.1 Å². The van der Waals surface area contributed by atoms with Crippen molar-refractivity contribution in [2.45, 2.75) is 19.3 Å². The molecule has 6 heteroatoms. The maximum absolute atomic E-state index is 11.9. The van der Waals surface area contributed by atoms with Crippen molar-refractivity contribution in [3.05, 3.63) is 24.3 Å². The second-order valence-corrected chi connectivity index (χ2v) is 5.91. The average Bonchev–Trinajstić information content (AvgIpc) is 3.32. The molecule has 1 heterocycles. The summed E-state index contributed by atoms with van der Waals surface area (Å²) in [5, 5.41) is 8.86. The monoisotopic (exact) mass is 302 g/mol. The third-order valence-corrected chi connectivity index (χ3v) is 3.94. The number of urea groups is 1. The molecule has 0 unspecified atom stereocenters. The minimum atomic E-state index is -0.0826. The Morgan fingerprint density at radius 2 is 2.23 bits per heavy atom. The van der Waals surface area contributed by atoms with Gasteiger partial charge in [-0.1, -0.05) is 6.07 Å². The van der Waals surface area contributed by atoms with E-state index in [-0.39, 0.29) is 11.9 Å². The van der Waals surface area contributed by atoms with Gasteiger partial charge in [0.25, 0.3) is 0 Å². The van der Waals surface area contributed by atoms with Crippen LogP contribution < -0.4 is 20.9 Å². The van der Waals surface area contributed by atoms with Gasteiger partial charge in [-0.25, -0.2) is 4.79 Å². The average molecular weight is 302 g/mol. The number of anilines is 2. The van der Waals surface area contributed by atoms with Crippen LogP contribution in [0.2, 0.25) is 0 Å². The summed E-state index contributed by atoms with van der Waals surface area (Å²) in [5.41, 5.74) is 1.52. The van der Waals surface area contributed by atoms with Gasteiger partial charge in [0.15, 0.2) is 0 Å². The van der Waals surface area contributed by atoms with Crippen molar-refractivity contribution in [2.24, 2.45) is 5.92 Å². The predicted octanol–water partition coefficient (Wildman–Crippen LogP) is 1.54. The summed E-state index contributed by atoms with van der Waals surface area (Å²) in [5.74, 6) is 0.703. The molecule has 118 valence electrons. The summed E-state index contributed by atoms with van der Waals surface area (Å²) >= 11 is 0. The van der Waals surface area contributed by atoms with Crippen LogP contribution in [0.4, 0.5) is 16.2 Å². The Bertz CT molecular complexity index is 557. The first-order chi connectivity index (χ1) is 10.7. The van der Waals surface area contributed by atoms with Crippen molar-refractivity contribution < 1.29 is 9.59 Å². The lowest BCUT2D eigenvalue weighted by atomic mass is 10.2. The van der Waals surface area contributed by atoms with Crippen molar-refractivity contribution in [1.82, 2.24) is 10.6 Å². The van der Waals surface area contributed by atoms with Gasteiger partial charge in [-0.3, -0.25) is 9.69 Å². The standard InChI is InChI=1S/C16H22N4O2/c21-15(11-17-10-12-5-6-12)19-13-3-1-4-14(9-13)20-8-2-7-18-16(20)22/h1,3-4,9,12,17H,2,5-8,10-11H2,(H,18,22)(H,19,21). The van der Waals surface area contributed by atoms with E-state index in [4.69, 9.17) is 0 Å². The molecule has 0 aromatic heterocycles. The maximum atomic E-state index is 11.9. The molecule has 1 aliphatic heterocycles. The third kappa shape index (κ3) is 3.98. The molecule has 2 fully saturated rings. The Labute approximate surface area is 130 Å². The summed E-state index contributed by atoms with van der Waals surface area (Å²) in [6.07, 6.45) is 3.47. The van der Waals surface area contributed by atoms with Gasteiger partial charge in [-0.05, 0) is 49.9 Å². The zero-order valence-electron chi connectivity index (χ0n) is 12.6. The zero-order valence-corrected chi connectivity index (χ0v) is 12.6. The van der Waals surface area contributed by atoms with Crippen molar-refractivity contribution >= 4 is 23.3 Å². The number of carbonyl (C=O) groups is 2. The molecule has 1 aliphatic carbocycles. The maximum Gasteiger partial charge on any atom is 0.321 e. The molecule has 6 nitrogen and oxygen atoms in total. The summed E-state index contributed by atoms with van der Waals surface area (Å²) in [7, 11) is 0. The zero-order chi connectivity index (χ0) is 15.4. The number of hydrogen-bond donors (Lipinski definition) is 3. The summed E-state index contributed by atoms with van der Waals surface area (Å²) in [6.45, 7) is 2.66. The van der Waals surface area contributed by atoms with Crippen molar-refractivity contribution in [1.29, 1.82) is 0 Å². The Hall–Kier alpha value is -2.08. The van der Waals surface area contributed by atoms with Crippen LogP contribution in [0.1, 0.15) is 19.3 Å². The van der Waals surface area contributed by atoms with Crippen LogP contribution in [0, 0.1) is 5.92 Å². The molecule has 3 rings (SSSR count). The highest BCUT2D eigenvalue weighted by Crippen LogP contribution is 2.27. The van der Waals surface area contributed by atoms with Gasteiger partial charge in [-0.15, -0.1) is 0 Å². The Morgan fingerprint density at radius 1 is 1.36 bits per heavy atom. The fourth-order valence-corrected chi connectivity index (χ4v) is 2.54. The molecule has 0 radical (unpaired) electrons. The summed E-state index contributed by atoms with van der Waals surface area (Å²) < 4.78 is 0. The molecule has 0 atom stereocenters. The number of nitrogens with zero attached hydrogens (tertiary/aromatic N) is 1. The number of benzene rings is 1. The highest BCUT2D eigenvalue weighted by molar-refractivity contribution is 5.95. The first kappa shape index (κ1) is 14.8. The van der Waals surface area contributed by atoms with Crippen LogP contribution in [0.25, 0.3) is 0 Å². The van der Waals surface area contributed by atoms with Crippen LogP contribution in [0.3, 0.4) is 0 Å². The lowest BCUT2D eigenvalue weighted by Gasteiger charge is -2.27. The van der Waals surface area contributed by atoms with Crippen molar-refractivity contribution in [3.63, 3.8) is 0 Å². The van der Waals surface area contributed by atoms with E-state index >= 15 is 0 Å². The first-order valence-corrected chi connectivity index (χ1v) is 7.88. The molecule has 1 aromatic carbocycles. The minimum absolute atomic E-state index is 0.0547. The lowest BCUT2D eigenvalue weighted by molar-refractivity contribution is -0.115. The van der Waals surface area contributed by atoms with Gasteiger partial charge >= 0.3 is 6.03 Å². The van der Waals surface area contributed by atoms with E-state index in [1.165, 1.54) is 12.8 Å². The first-order valence-electron chi connectivity index (χ1n) is 7.88. The SMILES string of the molecule is O=C(CNCC1CC1)Nc1cccc(N2CCCNC2=O)c1. The van der Waals surface area contributed by atoms with Gasteiger partial charge in [0.05, 0.1) is 6.54 Å². The number of carbonyl (C=O) groups excluding carboxylic acids is 2. The smallest absolute Gasteiger partial charge is 0.321 e. The minimum Gasteiger partial charge on any atom is -0.338 e. The number of nitrogens with one attached hydrogen (secondary N) is 3. The van der Waals surface area contributed by atoms with Crippen LogP contribution >= 0.6 is 0 Å². The van der Waals surface area contributed by atoms with Crippen molar-refractivity contribution in [3.8, 4) is 0 Å². The molecule has 1 aromatic rings. The number of hydrogen-bond acceptors (Lipinski definition) is 3. The second kappa shape index (κ2) is 6.79. The Kier molecular flexibility index (Phi) is 4.58. The van der Waals surface area contributed by atoms with Gasteiger partial charge < -0.3 is 16.0 Å². The Morgan fingerprint density at radius 3 is 3.00 bits per heavy atom. The molecule has 3 amide bonds. The largest absolute Gasteiger partial charge is 0.338 e. The Balaban J connectivity index is 1.55. The van der Waals surface area contributed by atoms with Crippen molar-refractivity contribution in [2.75, 3.05) is 36.4 Å². The molecular formula is C16H22N4O2. The van der Waals surface area contributed by atoms with E-state index in [0.29, 0.717) is 18.8 Å². The van der Waals surface area contributed by atoms with Gasteiger partial charge in [0, 0.05) is 24.5 Å². The fraction of sp³-hybridized carbons (Fsp3) is 0.500. The van der Waals surface area contributed by atoms with E-state index in [0.717, 1.165) is 31.1 Å². The van der Waals surface area contributed by atoms with Gasteiger partial charge in [-0.2, -0.15) is 0 Å². The fourth-order valence-electron chi connectivity index (χ4n) is 2.54. The van der Waals surface area contributed by atoms with E-state index in [1.54, 1.807) is 4.90 Å². The van der Waals surface area contributed by atoms with Crippen LogP contribution in [0.5, 0.6) is 0 Å². The molecule has 3 N–H and O–H groups in total. The van der Waals surface area contributed by atoms with E-state index < -0.39 is 0 Å². The van der Waals surface area contributed by atoms with Gasteiger partial charge in [0.2, 0.25) is 5.91 Å². The quantitative estimate of drug-likeness (QED) is 0.746. The highest BCUT2D eigenvalue weighted by atomic mass is 16.2.